The molecule has 2 heterocycles. The largest absolute Gasteiger partial charge is 0.448 e. The van der Waals surface area contributed by atoms with Crippen LogP contribution in [0.5, 0.6) is 0 Å². The topological polar surface area (TPSA) is 101 Å². The molecule has 1 fully saturated rings. The third-order valence-corrected chi connectivity index (χ3v) is 6.87. The summed E-state index contributed by atoms with van der Waals surface area (Å²) in [6.07, 6.45) is 3.84. The van der Waals surface area contributed by atoms with Gasteiger partial charge in [0.1, 0.15) is 13.2 Å². The zero-order valence-electron chi connectivity index (χ0n) is 21.5. The van der Waals surface area contributed by atoms with Gasteiger partial charge in [-0.2, -0.15) is 0 Å². The molecule has 2 aromatic carbocycles. The van der Waals surface area contributed by atoms with Gasteiger partial charge in [0.15, 0.2) is 0 Å². The van der Waals surface area contributed by atoms with E-state index in [1.54, 1.807) is 17.2 Å². The number of alkyl carbamates (subject to hydrolysis) is 1. The summed E-state index contributed by atoms with van der Waals surface area (Å²) in [5.74, 6) is 0.185. The van der Waals surface area contributed by atoms with E-state index >= 15 is 0 Å². The van der Waals surface area contributed by atoms with E-state index in [2.05, 4.69) is 38.4 Å². The van der Waals surface area contributed by atoms with Crippen LogP contribution in [-0.2, 0) is 9.47 Å². The summed E-state index contributed by atoms with van der Waals surface area (Å²) in [6, 6.07) is 21.1. The zero-order chi connectivity index (χ0) is 27.5. The third kappa shape index (κ3) is 8.28. The molecule has 0 saturated carbocycles. The first-order valence-corrected chi connectivity index (χ1v) is 13.7. The van der Waals surface area contributed by atoms with Crippen LogP contribution in [0.15, 0.2) is 83.6 Å². The van der Waals surface area contributed by atoms with Crippen molar-refractivity contribution in [2.45, 2.75) is 18.8 Å². The van der Waals surface area contributed by atoms with Crippen LogP contribution in [0.2, 0.25) is 0 Å². The number of anilines is 1. The monoisotopic (exact) mass is 594 g/mol. The quantitative estimate of drug-likeness (QED) is 0.340. The number of likely N-dealkylation sites (tertiary alicyclic amines) is 1. The lowest BCUT2D eigenvalue weighted by molar-refractivity contribution is 0.0913. The van der Waals surface area contributed by atoms with E-state index in [-0.39, 0.29) is 38.3 Å². The Morgan fingerprint density at radius 1 is 0.949 bits per heavy atom. The van der Waals surface area contributed by atoms with Gasteiger partial charge in [-0.15, -0.1) is 0 Å². The third-order valence-electron chi connectivity index (χ3n) is 6.43. The van der Waals surface area contributed by atoms with E-state index in [1.807, 2.05) is 48.5 Å². The highest BCUT2D eigenvalue weighted by Gasteiger charge is 2.24. The molecule has 0 aliphatic carbocycles. The van der Waals surface area contributed by atoms with E-state index in [1.165, 1.54) is 16.7 Å². The molecule has 3 aromatic rings. The van der Waals surface area contributed by atoms with Gasteiger partial charge >= 0.3 is 12.2 Å². The molecule has 3 amide bonds. The fourth-order valence-corrected chi connectivity index (χ4v) is 4.79. The molecule has 0 spiro atoms. The highest BCUT2D eigenvalue weighted by Crippen LogP contribution is 2.28. The van der Waals surface area contributed by atoms with Crippen LogP contribution in [0.1, 0.15) is 34.7 Å². The summed E-state index contributed by atoms with van der Waals surface area (Å²) in [5, 5.41) is 2.57. The van der Waals surface area contributed by atoms with E-state index in [9.17, 15) is 14.4 Å². The van der Waals surface area contributed by atoms with Gasteiger partial charge in [0.05, 0.1) is 18.7 Å². The normalized spacial score (nSPS) is 13.4. The van der Waals surface area contributed by atoms with Gasteiger partial charge in [0, 0.05) is 35.6 Å². The smallest absolute Gasteiger partial charge is 0.409 e. The Bertz CT molecular complexity index is 1240. The predicted molar refractivity (Wildman–Crippen MR) is 151 cm³/mol. The summed E-state index contributed by atoms with van der Waals surface area (Å²) in [4.78, 5) is 45.0. The molecule has 1 aliphatic rings. The zero-order valence-corrected chi connectivity index (χ0v) is 23.1. The minimum Gasteiger partial charge on any atom is -0.448 e. The number of amides is 3. The second-order valence-corrected chi connectivity index (χ2v) is 9.95. The van der Waals surface area contributed by atoms with Crippen LogP contribution in [0.4, 0.5) is 15.3 Å². The molecule has 1 aromatic heterocycles. The minimum absolute atomic E-state index is 0.0238. The summed E-state index contributed by atoms with van der Waals surface area (Å²) in [5.41, 5.74) is 2.38. The molecular formula is C29H31BrN4O5. The summed E-state index contributed by atoms with van der Waals surface area (Å²) >= 11 is 3.34. The van der Waals surface area contributed by atoms with Crippen molar-refractivity contribution in [3.8, 4) is 0 Å². The molecule has 0 radical (unpaired) electrons. The van der Waals surface area contributed by atoms with E-state index in [0.717, 1.165) is 12.8 Å². The number of hydrogen-bond acceptors (Lipinski definition) is 6. The van der Waals surface area contributed by atoms with Crippen molar-refractivity contribution >= 4 is 39.7 Å². The first kappa shape index (κ1) is 28.1. The minimum atomic E-state index is -0.653. The number of nitrogens with one attached hydrogen (secondary N) is 1. The fraction of sp³-hybridized carbons (Fsp3) is 0.310. The maximum absolute atomic E-state index is 13.1. The Kier molecular flexibility index (Phi) is 10.3. The second-order valence-electron chi connectivity index (χ2n) is 9.03. The van der Waals surface area contributed by atoms with Crippen LogP contribution in [0, 0.1) is 0 Å². The number of aromatic nitrogens is 1. The summed E-state index contributed by atoms with van der Waals surface area (Å²) in [7, 11) is 0. The van der Waals surface area contributed by atoms with Crippen LogP contribution >= 0.6 is 15.9 Å². The number of halogens is 1. The maximum atomic E-state index is 13.1. The molecule has 10 heteroatoms. The van der Waals surface area contributed by atoms with Gasteiger partial charge in [-0.25, -0.2) is 9.59 Å². The number of rotatable bonds is 9. The Morgan fingerprint density at radius 3 is 2.33 bits per heavy atom. The molecule has 4 rings (SSSR count). The van der Waals surface area contributed by atoms with Crippen molar-refractivity contribution in [3.05, 3.63) is 94.7 Å². The average Bonchev–Trinajstić information content (AvgIpc) is 2.98. The fourth-order valence-electron chi connectivity index (χ4n) is 4.42. The average molecular weight is 595 g/mol. The van der Waals surface area contributed by atoms with Gasteiger partial charge in [0.25, 0.3) is 5.91 Å². The van der Waals surface area contributed by atoms with E-state index < -0.39 is 6.09 Å². The number of ether oxygens (including phenoxy) is 2. The lowest BCUT2D eigenvalue weighted by Crippen LogP contribution is -2.39. The summed E-state index contributed by atoms with van der Waals surface area (Å²) < 4.78 is 11.3. The van der Waals surface area contributed by atoms with Crippen LogP contribution in [-0.4, -0.2) is 67.4 Å². The first-order valence-electron chi connectivity index (χ1n) is 12.9. The Labute approximate surface area is 236 Å². The molecule has 1 aliphatic heterocycles. The standard InChI is InChI=1S/C29H31BrN4O5/c30-25-19-24(20-31-21-25)27(35)34(26-9-5-2-6-10-26)16-18-38-28(36)32-13-17-39-29(37)33-14-11-23(12-15-33)22-7-3-1-4-8-22/h1-10,19-21,23H,11-18H2,(H,32,36). The number of piperidine rings is 1. The maximum Gasteiger partial charge on any atom is 0.409 e. The lowest BCUT2D eigenvalue weighted by Gasteiger charge is -2.31. The van der Waals surface area contributed by atoms with E-state index in [0.29, 0.717) is 34.7 Å². The first-order chi connectivity index (χ1) is 19.0. The number of benzene rings is 2. The van der Waals surface area contributed by atoms with Gasteiger partial charge in [-0.05, 0) is 58.5 Å². The van der Waals surface area contributed by atoms with Crippen molar-refractivity contribution in [1.29, 1.82) is 0 Å². The Hall–Kier alpha value is -3.92. The van der Waals surface area contributed by atoms with Gasteiger partial charge in [-0.3, -0.25) is 9.78 Å². The molecule has 0 bridgehead atoms. The molecule has 1 N–H and O–H groups in total. The molecule has 0 unspecified atom stereocenters. The summed E-state index contributed by atoms with van der Waals surface area (Å²) in [6.45, 7) is 1.56. The lowest BCUT2D eigenvalue weighted by atomic mass is 9.90. The molecule has 9 nitrogen and oxygen atoms in total. The van der Waals surface area contributed by atoms with Crippen molar-refractivity contribution in [1.82, 2.24) is 15.2 Å². The molecule has 0 atom stereocenters. The number of para-hydroxylation sites is 1. The highest BCUT2D eigenvalue weighted by molar-refractivity contribution is 9.10. The van der Waals surface area contributed by atoms with Crippen LogP contribution < -0.4 is 10.2 Å². The molecule has 204 valence electrons. The van der Waals surface area contributed by atoms with Crippen LogP contribution in [0.25, 0.3) is 0 Å². The van der Waals surface area contributed by atoms with Crippen molar-refractivity contribution in [3.63, 3.8) is 0 Å². The second kappa shape index (κ2) is 14.3. The van der Waals surface area contributed by atoms with Crippen molar-refractivity contribution in [2.24, 2.45) is 0 Å². The number of carbonyl (C=O) groups is 3. The van der Waals surface area contributed by atoms with Gasteiger partial charge in [-0.1, -0.05) is 48.5 Å². The van der Waals surface area contributed by atoms with Crippen LogP contribution in [0.3, 0.4) is 0 Å². The number of pyridine rings is 1. The SMILES string of the molecule is O=C(NCCOC(=O)N1CCC(c2ccccc2)CC1)OCCN(C(=O)c1cncc(Br)c1)c1ccccc1. The molecular weight excluding hydrogens is 564 g/mol. The van der Waals surface area contributed by atoms with E-state index in [4.69, 9.17) is 9.47 Å². The predicted octanol–water partition coefficient (Wildman–Crippen LogP) is 5.23. The number of nitrogens with zero attached hydrogens (tertiary/aromatic N) is 3. The molecule has 1 saturated heterocycles. The Morgan fingerprint density at radius 2 is 1.64 bits per heavy atom. The van der Waals surface area contributed by atoms with Gasteiger partial charge < -0.3 is 24.6 Å². The van der Waals surface area contributed by atoms with Crippen molar-refractivity contribution < 1.29 is 23.9 Å². The highest BCUT2D eigenvalue weighted by atomic mass is 79.9. The molecule has 39 heavy (non-hydrogen) atoms. The Balaban J connectivity index is 1.16. The number of carbonyl (C=O) groups excluding carboxylic acids is 3. The van der Waals surface area contributed by atoms with Crippen molar-refractivity contribution in [2.75, 3.05) is 44.3 Å². The number of hydrogen-bond donors (Lipinski definition) is 1. The van der Waals surface area contributed by atoms with Gasteiger partial charge in [0.2, 0.25) is 0 Å².